The van der Waals surface area contributed by atoms with Gasteiger partial charge in [-0.05, 0) is 44.0 Å². The molecule has 1 N–H and O–H groups in total. The summed E-state index contributed by atoms with van der Waals surface area (Å²) < 4.78 is 23.4. The quantitative estimate of drug-likeness (QED) is 0.445. The number of aromatic nitrogens is 2. The maximum Gasteiger partial charge on any atom is 0.238 e. The molecule has 28 heavy (non-hydrogen) atoms. The zero-order valence-electron chi connectivity index (χ0n) is 15.3. The standard InChI is InChI=1S/C19H17Br2N3O4/c1-25-15-8-11(9-16(26-2)17(15)27-3)23-19-22-10-13(21)18(24-19)28-14-7-5-4-6-12(14)20/h4-10H,1-3H3,(H,22,23,24). The van der Waals surface area contributed by atoms with E-state index in [2.05, 4.69) is 47.1 Å². The summed E-state index contributed by atoms with van der Waals surface area (Å²) in [6, 6.07) is 11.0. The molecule has 0 bridgehead atoms. The largest absolute Gasteiger partial charge is 0.493 e. The molecule has 2 aromatic carbocycles. The number of para-hydroxylation sites is 1. The van der Waals surface area contributed by atoms with Crippen LogP contribution in [0.1, 0.15) is 0 Å². The van der Waals surface area contributed by atoms with Gasteiger partial charge in [0.2, 0.25) is 17.6 Å². The number of nitrogens with zero attached hydrogens (tertiary/aromatic N) is 2. The van der Waals surface area contributed by atoms with Crippen LogP contribution in [0.3, 0.4) is 0 Å². The van der Waals surface area contributed by atoms with Crippen molar-refractivity contribution in [3.63, 3.8) is 0 Å². The van der Waals surface area contributed by atoms with Gasteiger partial charge in [0.05, 0.1) is 36.5 Å². The van der Waals surface area contributed by atoms with Crippen LogP contribution in [0.15, 0.2) is 51.5 Å². The van der Waals surface area contributed by atoms with Gasteiger partial charge in [-0.3, -0.25) is 0 Å². The van der Waals surface area contributed by atoms with E-state index >= 15 is 0 Å². The number of hydrogen-bond acceptors (Lipinski definition) is 7. The Hall–Kier alpha value is -2.52. The number of rotatable bonds is 7. The molecule has 0 amide bonds. The summed E-state index contributed by atoms with van der Waals surface area (Å²) in [5.74, 6) is 2.90. The van der Waals surface area contributed by atoms with Crippen molar-refractivity contribution in [1.29, 1.82) is 0 Å². The second kappa shape index (κ2) is 9.11. The first-order valence-electron chi connectivity index (χ1n) is 8.07. The fourth-order valence-electron chi connectivity index (χ4n) is 2.40. The number of ether oxygens (including phenoxy) is 4. The first-order valence-corrected chi connectivity index (χ1v) is 9.66. The van der Waals surface area contributed by atoms with Crippen LogP contribution in [0.25, 0.3) is 0 Å². The number of nitrogens with one attached hydrogen (secondary N) is 1. The van der Waals surface area contributed by atoms with Crippen molar-refractivity contribution >= 4 is 43.5 Å². The monoisotopic (exact) mass is 509 g/mol. The maximum atomic E-state index is 5.89. The molecule has 1 aromatic heterocycles. The maximum absolute atomic E-state index is 5.89. The Morgan fingerprint density at radius 3 is 2.14 bits per heavy atom. The summed E-state index contributed by atoms with van der Waals surface area (Å²) in [6.07, 6.45) is 1.61. The van der Waals surface area contributed by atoms with Crippen molar-refractivity contribution in [2.75, 3.05) is 26.6 Å². The highest BCUT2D eigenvalue weighted by Crippen LogP contribution is 2.40. The van der Waals surface area contributed by atoms with Gasteiger partial charge >= 0.3 is 0 Å². The van der Waals surface area contributed by atoms with Gasteiger partial charge in [0.1, 0.15) is 5.75 Å². The minimum Gasteiger partial charge on any atom is -0.493 e. The summed E-state index contributed by atoms with van der Waals surface area (Å²) in [6.45, 7) is 0. The van der Waals surface area contributed by atoms with Crippen molar-refractivity contribution in [2.24, 2.45) is 0 Å². The van der Waals surface area contributed by atoms with E-state index < -0.39 is 0 Å². The van der Waals surface area contributed by atoms with Crippen molar-refractivity contribution in [2.45, 2.75) is 0 Å². The molecule has 0 saturated heterocycles. The first kappa shape index (κ1) is 20.2. The number of methoxy groups -OCH3 is 3. The average molecular weight is 511 g/mol. The van der Waals surface area contributed by atoms with Gasteiger partial charge in [0.25, 0.3) is 0 Å². The number of benzene rings is 2. The number of hydrogen-bond donors (Lipinski definition) is 1. The molecule has 0 aliphatic rings. The molecule has 146 valence electrons. The lowest BCUT2D eigenvalue weighted by atomic mass is 10.2. The molecule has 0 fully saturated rings. The second-order valence-electron chi connectivity index (χ2n) is 5.42. The highest BCUT2D eigenvalue weighted by Gasteiger charge is 2.15. The van der Waals surface area contributed by atoms with E-state index in [9.17, 15) is 0 Å². The Kier molecular flexibility index (Phi) is 6.58. The molecule has 9 heteroatoms. The molecule has 3 aromatic rings. The molecule has 0 saturated carbocycles. The van der Waals surface area contributed by atoms with Crippen molar-refractivity contribution in [1.82, 2.24) is 9.97 Å². The van der Waals surface area contributed by atoms with Crippen molar-refractivity contribution in [3.8, 4) is 28.9 Å². The van der Waals surface area contributed by atoms with E-state index in [1.165, 1.54) is 0 Å². The Morgan fingerprint density at radius 1 is 0.857 bits per heavy atom. The van der Waals surface area contributed by atoms with Gasteiger partial charge in [0, 0.05) is 17.8 Å². The van der Waals surface area contributed by atoms with E-state index in [4.69, 9.17) is 18.9 Å². The fraction of sp³-hybridized carbons (Fsp3) is 0.158. The summed E-state index contributed by atoms with van der Waals surface area (Å²) in [5, 5.41) is 3.12. The summed E-state index contributed by atoms with van der Waals surface area (Å²) >= 11 is 6.87. The normalized spacial score (nSPS) is 10.3. The van der Waals surface area contributed by atoms with Crippen LogP contribution < -0.4 is 24.3 Å². The minimum atomic E-state index is 0.347. The van der Waals surface area contributed by atoms with Crippen LogP contribution in [0, 0.1) is 0 Å². The fourth-order valence-corrected chi connectivity index (χ4v) is 3.03. The second-order valence-corrected chi connectivity index (χ2v) is 7.13. The Balaban J connectivity index is 1.90. The Bertz CT molecular complexity index is 960. The van der Waals surface area contributed by atoms with E-state index in [1.807, 2.05) is 24.3 Å². The van der Waals surface area contributed by atoms with E-state index in [0.717, 1.165) is 4.47 Å². The zero-order valence-corrected chi connectivity index (χ0v) is 18.5. The van der Waals surface area contributed by atoms with Gasteiger partial charge in [0.15, 0.2) is 11.5 Å². The van der Waals surface area contributed by atoms with Crippen LogP contribution in [0.4, 0.5) is 11.6 Å². The minimum absolute atomic E-state index is 0.347. The van der Waals surface area contributed by atoms with Gasteiger partial charge in [-0.2, -0.15) is 4.98 Å². The van der Waals surface area contributed by atoms with E-state index in [-0.39, 0.29) is 0 Å². The van der Waals surface area contributed by atoms with Crippen LogP contribution in [-0.2, 0) is 0 Å². The predicted molar refractivity (Wildman–Crippen MR) is 113 cm³/mol. The third-order valence-corrected chi connectivity index (χ3v) is 4.88. The van der Waals surface area contributed by atoms with Crippen LogP contribution in [0.5, 0.6) is 28.9 Å². The highest BCUT2D eigenvalue weighted by atomic mass is 79.9. The summed E-state index contributed by atoms with van der Waals surface area (Å²) in [5.41, 5.74) is 0.670. The molecular weight excluding hydrogens is 494 g/mol. The van der Waals surface area contributed by atoms with Crippen molar-refractivity contribution < 1.29 is 18.9 Å². The smallest absolute Gasteiger partial charge is 0.238 e. The first-order chi connectivity index (χ1) is 13.5. The average Bonchev–Trinajstić information content (AvgIpc) is 2.71. The SMILES string of the molecule is COc1cc(Nc2ncc(Br)c(Oc3ccccc3Br)n2)cc(OC)c1OC. The summed E-state index contributed by atoms with van der Waals surface area (Å²) in [4.78, 5) is 8.71. The third kappa shape index (κ3) is 4.48. The molecule has 0 spiro atoms. The molecule has 0 aliphatic heterocycles. The molecular formula is C19H17Br2N3O4. The molecule has 7 nitrogen and oxygen atoms in total. The van der Waals surface area contributed by atoms with E-state index in [0.29, 0.717) is 45.0 Å². The molecule has 0 unspecified atom stereocenters. The van der Waals surface area contributed by atoms with Gasteiger partial charge < -0.3 is 24.3 Å². The van der Waals surface area contributed by atoms with Crippen LogP contribution in [-0.4, -0.2) is 31.3 Å². The predicted octanol–water partition coefficient (Wildman–Crippen LogP) is 5.56. The summed E-state index contributed by atoms with van der Waals surface area (Å²) in [7, 11) is 4.67. The molecule has 3 rings (SSSR count). The van der Waals surface area contributed by atoms with E-state index in [1.54, 1.807) is 39.7 Å². The van der Waals surface area contributed by atoms with Gasteiger partial charge in [-0.15, -0.1) is 0 Å². The highest BCUT2D eigenvalue weighted by molar-refractivity contribution is 9.11. The third-order valence-electron chi connectivity index (χ3n) is 3.68. The Morgan fingerprint density at radius 2 is 1.54 bits per heavy atom. The molecule has 0 radical (unpaired) electrons. The topological polar surface area (TPSA) is 74.7 Å². The lowest BCUT2D eigenvalue weighted by Gasteiger charge is -2.15. The molecule has 0 aliphatic carbocycles. The molecule has 1 heterocycles. The lowest BCUT2D eigenvalue weighted by molar-refractivity contribution is 0.324. The zero-order chi connectivity index (χ0) is 20.1. The van der Waals surface area contributed by atoms with Crippen molar-refractivity contribution in [3.05, 3.63) is 51.5 Å². The lowest BCUT2D eigenvalue weighted by Crippen LogP contribution is -2.01. The molecule has 0 atom stereocenters. The van der Waals surface area contributed by atoms with Gasteiger partial charge in [-0.1, -0.05) is 12.1 Å². The van der Waals surface area contributed by atoms with Gasteiger partial charge in [-0.25, -0.2) is 4.98 Å². The van der Waals surface area contributed by atoms with Crippen LogP contribution in [0.2, 0.25) is 0 Å². The Labute approximate surface area is 179 Å². The number of halogens is 2. The number of anilines is 2. The van der Waals surface area contributed by atoms with Crippen LogP contribution >= 0.6 is 31.9 Å².